The third kappa shape index (κ3) is 2.92. The highest BCUT2D eigenvalue weighted by Crippen LogP contribution is 2.22. The minimum absolute atomic E-state index is 0.0952. The smallest absolute Gasteiger partial charge is 0.252 e. The molecular formula is C15H20N2O3. The van der Waals surface area contributed by atoms with Crippen molar-refractivity contribution >= 4 is 17.5 Å². The minimum atomic E-state index is -0.470. The number of amides is 2. The van der Waals surface area contributed by atoms with Crippen molar-refractivity contribution in [3.8, 4) is 5.75 Å². The van der Waals surface area contributed by atoms with Crippen LogP contribution in [0.3, 0.4) is 0 Å². The van der Waals surface area contributed by atoms with Gasteiger partial charge in [0, 0.05) is 11.7 Å². The molecule has 0 aromatic heterocycles. The molecule has 1 aromatic carbocycles. The molecule has 1 aromatic rings. The third-order valence-electron chi connectivity index (χ3n) is 3.21. The first kappa shape index (κ1) is 14.4. The maximum Gasteiger partial charge on any atom is 0.252 e. The van der Waals surface area contributed by atoms with Crippen LogP contribution in [0, 0.1) is 0 Å². The summed E-state index contributed by atoms with van der Waals surface area (Å²) in [6.45, 7) is 6.23. The number of carbonyl (C=O) groups is 2. The van der Waals surface area contributed by atoms with E-state index in [4.69, 9.17) is 4.74 Å². The van der Waals surface area contributed by atoms with Crippen LogP contribution in [-0.2, 0) is 9.59 Å². The summed E-state index contributed by atoms with van der Waals surface area (Å²) in [6, 6.07) is 6.81. The van der Waals surface area contributed by atoms with Gasteiger partial charge in [-0.25, -0.2) is 0 Å². The van der Waals surface area contributed by atoms with Crippen molar-refractivity contribution in [2.75, 3.05) is 11.9 Å². The van der Waals surface area contributed by atoms with E-state index in [1.165, 1.54) is 4.90 Å². The lowest BCUT2D eigenvalue weighted by molar-refractivity contribution is -0.140. The average Bonchev–Trinajstić information content (AvgIpc) is 2.67. The van der Waals surface area contributed by atoms with Gasteiger partial charge >= 0.3 is 0 Å². The third-order valence-corrected chi connectivity index (χ3v) is 3.21. The molecule has 1 saturated heterocycles. The second-order valence-corrected chi connectivity index (χ2v) is 5.05. The second kappa shape index (κ2) is 5.94. The molecule has 1 N–H and O–H groups in total. The predicted molar refractivity (Wildman–Crippen MR) is 76.6 cm³/mol. The van der Waals surface area contributed by atoms with Crippen LogP contribution in [0.4, 0.5) is 5.69 Å². The van der Waals surface area contributed by atoms with Crippen LogP contribution < -0.4 is 10.1 Å². The first-order chi connectivity index (χ1) is 9.52. The number of imide groups is 1. The van der Waals surface area contributed by atoms with Crippen LogP contribution >= 0.6 is 0 Å². The van der Waals surface area contributed by atoms with E-state index < -0.39 is 6.04 Å². The van der Waals surface area contributed by atoms with Crippen LogP contribution in [0.25, 0.3) is 0 Å². The first-order valence-electron chi connectivity index (χ1n) is 6.88. The second-order valence-electron chi connectivity index (χ2n) is 5.05. The van der Waals surface area contributed by atoms with E-state index in [9.17, 15) is 9.59 Å². The molecular weight excluding hydrogens is 256 g/mol. The lowest BCUT2D eigenvalue weighted by atomic mass is 10.2. The van der Waals surface area contributed by atoms with Gasteiger partial charge in [0.15, 0.2) is 0 Å². The maximum absolute atomic E-state index is 12.1. The highest BCUT2D eigenvalue weighted by molar-refractivity contribution is 6.07. The Morgan fingerprint density at radius 3 is 2.45 bits per heavy atom. The van der Waals surface area contributed by atoms with Gasteiger partial charge in [-0.15, -0.1) is 0 Å². The van der Waals surface area contributed by atoms with Crippen molar-refractivity contribution in [1.82, 2.24) is 4.90 Å². The molecule has 0 aliphatic carbocycles. The molecule has 5 heteroatoms. The summed E-state index contributed by atoms with van der Waals surface area (Å²) in [5, 5.41) is 3.11. The molecule has 20 heavy (non-hydrogen) atoms. The fourth-order valence-corrected chi connectivity index (χ4v) is 2.32. The van der Waals surface area contributed by atoms with E-state index in [1.807, 2.05) is 45.0 Å². The van der Waals surface area contributed by atoms with Crippen molar-refractivity contribution in [3.63, 3.8) is 0 Å². The summed E-state index contributed by atoms with van der Waals surface area (Å²) in [5.41, 5.74) is 0.810. The number of rotatable bonds is 5. The van der Waals surface area contributed by atoms with Crippen molar-refractivity contribution in [3.05, 3.63) is 24.3 Å². The highest BCUT2D eigenvalue weighted by Gasteiger charge is 2.39. The number of nitrogens with one attached hydrogen (secondary N) is 1. The van der Waals surface area contributed by atoms with Gasteiger partial charge in [0.05, 0.1) is 13.0 Å². The summed E-state index contributed by atoms with van der Waals surface area (Å²) in [4.78, 5) is 25.3. The SMILES string of the molecule is CCOc1ccc(NC2CC(=O)N(C(C)C)C2=O)cc1. The maximum atomic E-state index is 12.1. The standard InChI is InChI=1S/C15H20N2O3/c1-4-20-12-7-5-11(6-8-12)16-13-9-14(18)17(10(2)3)15(13)19/h5-8,10,13,16H,4,9H2,1-3H3. The van der Waals surface area contributed by atoms with Crippen molar-refractivity contribution in [2.24, 2.45) is 0 Å². The molecule has 0 spiro atoms. The Labute approximate surface area is 118 Å². The first-order valence-corrected chi connectivity index (χ1v) is 6.88. The fraction of sp³-hybridized carbons (Fsp3) is 0.467. The minimum Gasteiger partial charge on any atom is -0.494 e. The lowest BCUT2D eigenvalue weighted by Crippen LogP contribution is -2.39. The molecule has 108 valence electrons. The van der Waals surface area contributed by atoms with Gasteiger partial charge in [-0.05, 0) is 45.0 Å². The average molecular weight is 276 g/mol. The number of hydrogen-bond acceptors (Lipinski definition) is 4. The number of nitrogens with zero attached hydrogens (tertiary/aromatic N) is 1. The molecule has 0 radical (unpaired) electrons. The van der Waals surface area contributed by atoms with Crippen molar-refractivity contribution in [1.29, 1.82) is 0 Å². The zero-order chi connectivity index (χ0) is 14.7. The Morgan fingerprint density at radius 2 is 1.95 bits per heavy atom. The Morgan fingerprint density at radius 1 is 1.30 bits per heavy atom. The quantitative estimate of drug-likeness (QED) is 0.836. The normalized spacial score (nSPS) is 18.8. The van der Waals surface area contributed by atoms with Gasteiger partial charge in [-0.1, -0.05) is 0 Å². The van der Waals surface area contributed by atoms with Gasteiger partial charge < -0.3 is 10.1 Å². The van der Waals surface area contributed by atoms with Gasteiger partial charge in [0.25, 0.3) is 5.91 Å². The fourth-order valence-electron chi connectivity index (χ4n) is 2.32. The van der Waals surface area contributed by atoms with E-state index in [2.05, 4.69) is 5.32 Å². The molecule has 1 atom stereocenters. The predicted octanol–water partition coefficient (Wildman–Crippen LogP) is 2.03. The van der Waals surface area contributed by atoms with Gasteiger partial charge in [-0.2, -0.15) is 0 Å². The van der Waals surface area contributed by atoms with Crippen molar-refractivity contribution < 1.29 is 14.3 Å². The summed E-state index contributed by atoms with van der Waals surface area (Å²) in [6.07, 6.45) is 0.213. The van der Waals surface area contributed by atoms with E-state index >= 15 is 0 Å². The molecule has 2 amide bonds. The Balaban J connectivity index is 2.03. The topological polar surface area (TPSA) is 58.6 Å². The number of hydrogen-bond donors (Lipinski definition) is 1. The van der Waals surface area contributed by atoms with E-state index in [-0.39, 0.29) is 24.3 Å². The Bertz CT molecular complexity index is 496. The summed E-state index contributed by atoms with van der Waals surface area (Å²) >= 11 is 0. The molecule has 1 heterocycles. The molecule has 1 aliphatic rings. The van der Waals surface area contributed by atoms with Gasteiger partial charge in [-0.3, -0.25) is 14.5 Å². The monoisotopic (exact) mass is 276 g/mol. The van der Waals surface area contributed by atoms with Gasteiger partial charge in [0.2, 0.25) is 5.91 Å². The van der Waals surface area contributed by atoms with Crippen LogP contribution in [0.5, 0.6) is 5.75 Å². The Kier molecular flexibility index (Phi) is 4.27. The molecule has 1 unspecified atom stereocenters. The number of ether oxygens (including phenoxy) is 1. The van der Waals surface area contributed by atoms with Crippen LogP contribution in [-0.4, -0.2) is 35.4 Å². The molecule has 2 rings (SSSR count). The zero-order valence-corrected chi connectivity index (χ0v) is 12.1. The highest BCUT2D eigenvalue weighted by atomic mass is 16.5. The van der Waals surface area contributed by atoms with Crippen molar-refractivity contribution in [2.45, 2.75) is 39.3 Å². The molecule has 0 bridgehead atoms. The van der Waals surface area contributed by atoms with E-state index in [0.717, 1.165) is 11.4 Å². The summed E-state index contributed by atoms with van der Waals surface area (Å²) < 4.78 is 5.36. The molecule has 1 fully saturated rings. The summed E-state index contributed by atoms with van der Waals surface area (Å²) in [5.74, 6) is 0.517. The lowest BCUT2D eigenvalue weighted by Gasteiger charge is -2.19. The van der Waals surface area contributed by atoms with Crippen LogP contribution in [0.1, 0.15) is 27.2 Å². The summed E-state index contributed by atoms with van der Waals surface area (Å²) in [7, 11) is 0. The van der Waals surface area contributed by atoms with Gasteiger partial charge in [0.1, 0.15) is 11.8 Å². The largest absolute Gasteiger partial charge is 0.494 e. The number of carbonyl (C=O) groups excluding carboxylic acids is 2. The molecule has 1 aliphatic heterocycles. The molecule has 5 nitrogen and oxygen atoms in total. The van der Waals surface area contributed by atoms with E-state index in [1.54, 1.807) is 0 Å². The molecule has 0 saturated carbocycles. The Hall–Kier alpha value is -2.04. The van der Waals surface area contributed by atoms with E-state index in [0.29, 0.717) is 6.61 Å². The zero-order valence-electron chi connectivity index (χ0n) is 12.1. The number of likely N-dealkylation sites (tertiary alicyclic amines) is 1. The van der Waals surface area contributed by atoms with Crippen LogP contribution in [0.2, 0.25) is 0 Å². The van der Waals surface area contributed by atoms with Crippen LogP contribution in [0.15, 0.2) is 24.3 Å². The number of benzene rings is 1. The number of anilines is 1.